The van der Waals surface area contributed by atoms with E-state index in [1.165, 1.54) is 10.1 Å². The minimum atomic E-state index is 0.656. The Labute approximate surface area is 109 Å². The monoisotopic (exact) mass is 256 g/mol. The fraction of sp³-hybridized carbons (Fsp3) is 0.143. The number of hydrogen-bond acceptors (Lipinski definition) is 3. The Kier molecular flexibility index (Phi) is 2.72. The van der Waals surface area contributed by atoms with Gasteiger partial charge in [0.1, 0.15) is 5.69 Å². The molecule has 3 nitrogen and oxygen atoms in total. The third-order valence-corrected chi connectivity index (χ3v) is 4.02. The molecule has 0 unspecified atom stereocenters. The molecule has 0 spiro atoms. The van der Waals surface area contributed by atoms with Gasteiger partial charge in [-0.1, -0.05) is 18.2 Å². The highest BCUT2D eigenvalue weighted by Gasteiger charge is 2.12. The summed E-state index contributed by atoms with van der Waals surface area (Å²) in [5.41, 5.74) is 1.44. The Hall–Kier alpha value is -1.94. The predicted molar refractivity (Wildman–Crippen MR) is 74.1 cm³/mol. The summed E-state index contributed by atoms with van der Waals surface area (Å²) in [6.07, 6.45) is 2.67. The van der Waals surface area contributed by atoms with E-state index < -0.39 is 0 Å². The van der Waals surface area contributed by atoms with Gasteiger partial charge in [-0.2, -0.15) is 5.10 Å². The standard InChI is InChI=1S/C14H12N2OS/c1-2-16-8-11(9-17)14(15-16)13-7-10-5-3-4-6-12(10)18-13/h3-9H,2H2,1H3. The highest BCUT2D eigenvalue weighted by molar-refractivity contribution is 7.22. The fourth-order valence-corrected chi connectivity index (χ4v) is 3.04. The van der Waals surface area contributed by atoms with Crippen LogP contribution >= 0.6 is 11.3 Å². The first-order valence-electron chi connectivity index (χ1n) is 5.83. The first kappa shape index (κ1) is 11.2. The highest BCUT2D eigenvalue weighted by atomic mass is 32.1. The van der Waals surface area contributed by atoms with Gasteiger partial charge in [-0.15, -0.1) is 11.3 Å². The molecule has 0 aliphatic heterocycles. The number of carbonyl (C=O) groups is 1. The van der Waals surface area contributed by atoms with E-state index >= 15 is 0 Å². The van der Waals surface area contributed by atoms with Crippen LogP contribution in [0.2, 0.25) is 0 Å². The van der Waals surface area contributed by atoms with Crippen LogP contribution in [-0.4, -0.2) is 16.1 Å². The lowest BCUT2D eigenvalue weighted by atomic mass is 10.2. The molecule has 2 heterocycles. The third-order valence-electron chi connectivity index (χ3n) is 2.90. The van der Waals surface area contributed by atoms with E-state index in [4.69, 9.17) is 0 Å². The van der Waals surface area contributed by atoms with Crippen molar-refractivity contribution >= 4 is 27.7 Å². The molecule has 4 heteroatoms. The molecule has 3 rings (SSSR count). The number of nitrogens with zero attached hydrogens (tertiary/aromatic N) is 2. The number of aldehydes is 1. The molecular formula is C14H12N2OS. The molecule has 0 N–H and O–H groups in total. The van der Waals surface area contributed by atoms with Crippen molar-refractivity contribution in [3.63, 3.8) is 0 Å². The molecule has 1 aromatic carbocycles. The van der Waals surface area contributed by atoms with Crippen LogP contribution in [0, 0.1) is 0 Å². The first-order chi connectivity index (χ1) is 8.81. The molecule has 3 aromatic rings. The van der Waals surface area contributed by atoms with Crippen LogP contribution in [0.5, 0.6) is 0 Å². The second kappa shape index (κ2) is 4.38. The Morgan fingerprint density at radius 2 is 2.22 bits per heavy atom. The summed E-state index contributed by atoms with van der Waals surface area (Å²) in [5, 5.41) is 5.66. The van der Waals surface area contributed by atoms with E-state index in [0.717, 1.165) is 23.4 Å². The lowest BCUT2D eigenvalue weighted by Gasteiger charge is -1.92. The van der Waals surface area contributed by atoms with Crippen molar-refractivity contribution in [3.8, 4) is 10.6 Å². The summed E-state index contributed by atoms with van der Waals surface area (Å²) in [5.74, 6) is 0. The average Bonchev–Trinajstić information content (AvgIpc) is 3.01. The normalized spacial score (nSPS) is 10.9. The molecule has 2 aromatic heterocycles. The quantitative estimate of drug-likeness (QED) is 0.671. The summed E-state index contributed by atoms with van der Waals surface area (Å²) in [7, 11) is 0. The molecule has 0 bridgehead atoms. The van der Waals surface area contributed by atoms with Gasteiger partial charge in [-0.05, 0) is 24.4 Å². The van der Waals surface area contributed by atoms with Crippen LogP contribution in [0.1, 0.15) is 17.3 Å². The van der Waals surface area contributed by atoms with E-state index in [-0.39, 0.29) is 0 Å². The molecule has 0 saturated heterocycles. The van der Waals surface area contributed by atoms with E-state index in [2.05, 4.69) is 23.3 Å². The number of aromatic nitrogens is 2. The third kappa shape index (κ3) is 1.75. The van der Waals surface area contributed by atoms with E-state index in [0.29, 0.717) is 5.56 Å². The van der Waals surface area contributed by atoms with Crippen LogP contribution in [0.3, 0.4) is 0 Å². The molecule has 0 saturated carbocycles. The Morgan fingerprint density at radius 1 is 1.39 bits per heavy atom. The zero-order chi connectivity index (χ0) is 12.5. The second-order valence-electron chi connectivity index (χ2n) is 4.06. The van der Waals surface area contributed by atoms with Crippen LogP contribution in [0.25, 0.3) is 20.7 Å². The summed E-state index contributed by atoms with van der Waals surface area (Å²) < 4.78 is 3.01. The summed E-state index contributed by atoms with van der Waals surface area (Å²) >= 11 is 1.67. The van der Waals surface area contributed by atoms with Crippen molar-refractivity contribution in [1.29, 1.82) is 0 Å². The predicted octanol–water partition coefficient (Wildman–Crippen LogP) is 3.60. The second-order valence-corrected chi connectivity index (χ2v) is 5.14. The van der Waals surface area contributed by atoms with Crippen molar-refractivity contribution < 1.29 is 4.79 Å². The highest BCUT2D eigenvalue weighted by Crippen LogP contribution is 2.33. The lowest BCUT2D eigenvalue weighted by molar-refractivity contribution is 0.112. The van der Waals surface area contributed by atoms with Gasteiger partial charge in [0.25, 0.3) is 0 Å². The Balaban J connectivity index is 2.18. The van der Waals surface area contributed by atoms with Crippen molar-refractivity contribution in [2.75, 3.05) is 0 Å². The number of thiophene rings is 1. The van der Waals surface area contributed by atoms with Gasteiger partial charge in [0, 0.05) is 17.4 Å². The number of hydrogen-bond donors (Lipinski definition) is 0. The van der Waals surface area contributed by atoms with Crippen LogP contribution < -0.4 is 0 Å². The van der Waals surface area contributed by atoms with Crippen LogP contribution in [-0.2, 0) is 6.54 Å². The molecule has 0 fully saturated rings. The van der Waals surface area contributed by atoms with Gasteiger partial charge >= 0.3 is 0 Å². The average molecular weight is 256 g/mol. The smallest absolute Gasteiger partial charge is 0.153 e. The number of benzene rings is 1. The number of rotatable bonds is 3. The molecule has 0 amide bonds. The van der Waals surface area contributed by atoms with E-state index in [9.17, 15) is 4.79 Å². The number of fused-ring (bicyclic) bond motifs is 1. The molecule has 18 heavy (non-hydrogen) atoms. The molecule has 0 atom stereocenters. The summed E-state index contributed by atoms with van der Waals surface area (Å²) in [4.78, 5) is 12.1. The largest absolute Gasteiger partial charge is 0.298 e. The molecule has 0 aliphatic carbocycles. The van der Waals surface area contributed by atoms with Gasteiger partial charge in [0.15, 0.2) is 6.29 Å². The molecular weight excluding hydrogens is 244 g/mol. The van der Waals surface area contributed by atoms with Crippen molar-refractivity contribution in [1.82, 2.24) is 9.78 Å². The number of carbonyl (C=O) groups excluding carboxylic acids is 1. The maximum Gasteiger partial charge on any atom is 0.153 e. The van der Waals surface area contributed by atoms with Crippen molar-refractivity contribution in [3.05, 3.63) is 42.1 Å². The maximum atomic E-state index is 11.1. The summed E-state index contributed by atoms with van der Waals surface area (Å²) in [6, 6.07) is 10.3. The zero-order valence-electron chi connectivity index (χ0n) is 9.96. The minimum Gasteiger partial charge on any atom is -0.298 e. The first-order valence-corrected chi connectivity index (χ1v) is 6.65. The van der Waals surface area contributed by atoms with E-state index in [1.807, 2.05) is 19.1 Å². The fourth-order valence-electron chi connectivity index (χ4n) is 1.98. The molecule has 0 radical (unpaired) electrons. The van der Waals surface area contributed by atoms with Gasteiger partial charge < -0.3 is 0 Å². The minimum absolute atomic E-state index is 0.656. The van der Waals surface area contributed by atoms with Crippen LogP contribution in [0.4, 0.5) is 0 Å². The molecule has 90 valence electrons. The SMILES string of the molecule is CCn1cc(C=O)c(-c2cc3ccccc3s2)n1. The lowest BCUT2D eigenvalue weighted by Crippen LogP contribution is -1.93. The van der Waals surface area contributed by atoms with Gasteiger partial charge in [0.05, 0.1) is 10.4 Å². The number of aryl methyl sites for hydroxylation is 1. The topological polar surface area (TPSA) is 34.9 Å². The molecule has 0 aliphatic rings. The van der Waals surface area contributed by atoms with Crippen molar-refractivity contribution in [2.24, 2.45) is 0 Å². The van der Waals surface area contributed by atoms with Gasteiger partial charge in [-0.25, -0.2) is 0 Å². The maximum absolute atomic E-state index is 11.1. The van der Waals surface area contributed by atoms with Gasteiger partial charge in [0.2, 0.25) is 0 Å². The van der Waals surface area contributed by atoms with Crippen molar-refractivity contribution in [2.45, 2.75) is 13.5 Å². The Bertz CT molecular complexity index is 678. The zero-order valence-corrected chi connectivity index (χ0v) is 10.8. The summed E-state index contributed by atoms with van der Waals surface area (Å²) in [6.45, 7) is 2.78. The van der Waals surface area contributed by atoms with Gasteiger partial charge in [-0.3, -0.25) is 9.48 Å². The van der Waals surface area contributed by atoms with Crippen LogP contribution in [0.15, 0.2) is 36.5 Å². The van der Waals surface area contributed by atoms with E-state index in [1.54, 1.807) is 22.2 Å². The Morgan fingerprint density at radius 3 is 2.94 bits per heavy atom.